The summed E-state index contributed by atoms with van der Waals surface area (Å²) >= 11 is 0.567. The number of amides is 1. The molecule has 0 aliphatic rings. The van der Waals surface area contributed by atoms with E-state index in [1.54, 1.807) is 6.92 Å². The highest BCUT2D eigenvalue weighted by atomic mass is 32.1. The number of nitrogens with zero attached hydrogens (tertiary/aromatic N) is 2. The number of hydrogen-bond donors (Lipinski definition) is 1. The molecule has 1 amide bonds. The monoisotopic (exact) mass is 287 g/mol. The summed E-state index contributed by atoms with van der Waals surface area (Å²) in [6.45, 7) is 1.65. The highest BCUT2D eigenvalue weighted by molar-refractivity contribution is 7.08. The molecule has 0 aliphatic carbocycles. The zero-order valence-corrected chi connectivity index (χ0v) is 10.5. The Morgan fingerprint density at radius 2 is 2.11 bits per heavy atom. The minimum absolute atomic E-state index is 0.191. The maximum atomic E-state index is 13.1. The van der Waals surface area contributed by atoms with E-state index in [0.29, 0.717) is 17.1 Å². The van der Waals surface area contributed by atoms with Crippen LogP contribution >= 0.6 is 11.5 Å². The van der Waals surface area contributed by atoms with Crippen LogP contribution in [0, 0.1) is 12.7 Å². The first-order valence-electron chi connectivity index (χ1n) is 5.16. The summed E-state index contributed by atoms with van der Waals surface area (Å²) in [5.74, 6) is -1.30. The normalized spacial score (nSPS) is 10.8. The van der Waals surface area contributed by atoms with Gasteiger partial charge < -0.3 is 5.32 Å². The Morgan fingerprint density at radius 3 is 2.74 bits per heavy atom. The van der Waals surface area contributed by atoms with E-state index in [9.17, 15) is 18.0 Å². The number of benzene rings is 1. The highest BCUT2D eigenvalue weighted by Crippen LogP contribution is 2.24. The van der Waals surface area contributed by atoms with Crippen LogP contribution in [0.2, 0.25) is 0 Å². The Balaban J connectivity index is 2.23. The number of carbonyl (C=O) groups is 1. The Hall–Kier alpha value is -1.96. The number of rotatable bonds is 3. The number of nitrogens with one attached hydrogen (secondary N) is 1. The maximum absolute atomic E-state index is 13.1. The van der Waals surface area contributed by atoms with Gasteiger partial charge in [-0.05, 0) is 42.2 Å². The van der Waals surface area contributed by atoms with Crippen LogP contribution in [-0.2, 0) is 0 Å². The fraction of sp³-hybridized carbons (Fsp3) is 0.182. The van der Waals surface area contributed by atoms with Gasteiger partial charge >= 0.3 is 0 Å². The number of hydrogen-bond acceptors (Lipinski definition) is 4. The minimum atomic E-state index is -2.88. The van der Waals surface area contributed by atoms with Crippen LogP contribution in [0.5, 0.6) is 0 Å². The van der Waals surface area contributed by atoms with E-state index in [4.69, 9.17) is 0 Å². The summed E-state index contributed by atoms with van der Waals surface area (Å²) in [5.41, 5.74) is 0.124. The van der Waals surface area contributed by atoms with Crippen molar-refractivity contribution in [2.24, 2.45) is 0 Å². The summed E-state index contributed by atoms with van der Waals surface area (Å²) in [5, 5.41) is 5.54. The third-order valence-electron chi connectivity index (χ3n) is 2.23. The van der Waals surface area contributed by atoms with Crippen LogP contribution in [-0.4, -0.2) is 15.5 Å². The van der Waals surface area contributed by atoms with Gasteiger partial charge in [0.15, 0.2) is 5.69 Å². The van der Waals surface area contributed by atoms with Gasteiger partial charge in [0.1, 0.15) is 10.7 Å². The van der Waals surface area contributed by atoms with Crippen LogP contribution in [0.25, 0.3) is 0 Å². The lowest BCUT2D eigenvalue weighted by Crippen LogP contribution is -2.13. The molecule has 0 saturated carbocycles. The number of carbonyl (C=O) groups excluding carboxylic acids is 1. The van der Waals surface area contributed by atoms with E-state index < -0.39 is 23.8 Å². The van der Waals surface area contributed by atoms with E-state index in [1.807, 2.05) is 0 Å². The molecule has 4 nitrogen and oxygen atoms in total. The maximum Gasteiger partial charge on any atom is 0.283 e. The molecule has 1 N–H and O–H groups in total. The molecular formula is C11H8F3N3OS. The molecule has 0 fully saturated rings. The summed E-state index contributed by atoms with van der Waals surface area (Å²) in [6.07, 6.45) is -2.88. The molecule has 100 valence electrons. The molecule has 0 radical (unpaired) electrons. The summed E-state index contributed by atoms with van der Waals surface area (Å²) in [7, 11) is 0. The summed E-state index contributed by atoms with van der Waals surface area (Å²) in [6, 6.07) is 3.91. The average molecular weight is 287 g/mol. The molecule has 1 aromatic heterocycles. The number of aryl methyl sites for hydroxylation is 1. The van der Waals surface area contributed by atoms with Gasteiger partial charge in [-0.25, -0.2) is 13.2 Å². The largest absolute Gasteiger partial charge is 0.321 e. The lowest BCUT2D eigenvalue weighted by atomic mass is 10.2. The molecule has 0 spiro atoms. The van der Waals surface area contributed by atoms with Crippen molar-refractivity contribution in [3.05, 3.63) is 40.2 Å². The van der Waals surface area contributed by atoms with Gasteiger partial charge in [-0.1, -0.05) is 4.49 Å². The van der Waals surface area contributed by atoms with Crippen LogP contribution < -0.4 is 5.32 Å². The zero-order valence-electron chi connectivity index (χ0n) is 9.65. The molecule has 8 heteroatoms. The molecule has 19 heavy (non-hydrogen) atoms. The number of alkyl halides is 2. The third kappa shape index (κ3) is 3.08. The minimum Gasteiger partial charge on any atom is -0.321 e. The number of anilines is 1. The van der Waals surface area contributed by atoms with Gasteiger partial charge in [0.2, 0.25) is 0 Å². The zero-order chi connectivity index (χ0) is 14.0. The fourth-order valence-corrected chi connectivity index (χ4v) is 2.06. The SMILES string of the molecule is Cc1cc(F)cc(NC(=O)c2snnc2C(F)F)c1. The van der Waals surface area contributed by atoms with E-state index >= 15 is 0 Å². The van der Waals surface area contributed by atoms with E-state index in [-0.39, 0.29) is 10.6 Å². The third-order valence-corrected chi connectivity index (χ3v) is 2.97. The molecule has 2 rings (SSSR count). The Bertz CT molecular complexity index is 595. The molecule has 0 atom stereocenters. The predicted molar refractivity (Wildman–Crippen MR) is 64.0 cm³/mol. The summed E-state index contributed by atoms with van der Waals surface area (Å²) < 4.78 is 41.6. The van der Waals surface area contributed by atoms with Crippen molar-refractivity contribution in [1.29, 1.82) is 0 Å². The second-order valence-electron chi connectivity index (χ2n) is 3.76. The second kappa shape index (κ2) is 5.35. The average Bonchev–Trinajstić information content (AvgIpc) is 2.75. The van der Waals surface area contributed by atoms with Crippen molar-refractivity contribution in [2.75, 3.05) is 5.32 Å². The van der Waals surface area contributed by atoms with Crippen LogP contribution in [0.3, 0.4) is 0 Å². The lowest BCUT2D eigenvalue weighted by Gasteiger charge is -2.05. The number of aromatic nitrogens is 2. The van der Waals surface area contributed by atoms with Crippen LogP contribution in [0.1, 0.15) is 27.4 Å². The molecule has 0 unspecified atom stereocenters. The predicted octanol–water partition coefficient (Wildman–Crippen LogP) is 3.18. The second-order valence-corrected chi connectivity index (χ2v) is 4.51. The first-order valence-corrected chi connectivity index (χ1v) is 5.93. The van der Waals surface area contributed by atoms with Gasteiger partial charge in [-0.2, -0.15) is 0 Å². The molecule has 0 bridgehead atoms. The summed E-state index contributed by atoms with van der Waals surface area (Å²) in [4.78, 5) is 11.5. The Kier molecular flexibility index (Phi) is 3.79. The first kappa shape index (κ1) is 13.5. The van der Waals surface area contributed by atoms with Gasteiger partial charge in [0.25, 0.3) is 12.3 Å². The quantitative estimate of drug-likeness (QED) is 0.943. The van der Waals surface area contributed by atoms with E-state index in [1.165, 1.54) is 12.1 Å². The van der Waals surface area contributed by atoms with E-state index in [0.717, 1.165) is 6.07 Å². The highest BCUT2D eigenvalue weighted by Gasteiger charge is 2.23. The smallest absolute Gasteiger partial charge is 0.283 e. The van der Waals surface area contributed by atoms with Gasteiger partial charge in [-0.15, -0.1) is 5.10 Å². The molecule has 0 saturated heterocycles. The van der Waals surface area contributed by atoms with E-state index in [2.05, 4.69) is 14.9 Å². The fourth-order valence-electron chi connectivity index (χ4n) is 1.49. The van der Waals surface area contributed by atoms with Crippen molar-refractivity contribution in [3.63, 3.8) is 0 Å². The molecular weight excluding hydrogens is 279 g/mol. The Morgan fingerprint density at radius 1 is 1.37 bits per heavy atom. The topological polar surface area (TPSA) is 54.9 Å². The van der Waals surface area contributed by atoms with Crippen molar-refractivity contribution in [2.45, 2.75) is 13.3 Å². The molecule has 0 aliphatic heterocycles. The van der Waals surface area contributed by atoms with Crippen LogP contribution in [0.4, 0.5) is 18.9 Å². The van der Waals surface area contributed by atoms with Crippen molar-refractivity contribution < 1.29 is 18.0 Å². The molecule has 2 aromatic rings. The first-order chi connectivity index (χ1) is 8.97. The van der Waals surface area contributed by atoms with Crippen molar-refractivity contribution >= 4 is 23.1 Å². The number of halogens is 3. The van der Waals surface area contributed by atoms with Crippen molar-refractivity contribution in [3.8, 4) is 0 Å². The van der Waals surface area contributed by atoms with Gasteiger partial charge in [0.05, 0.1) is 0 Å². The molecule has 1 heterocycles. The standard InChI is InChI=1S/C11H8F3N3OS/c1-5-2-6(12)4-7(3-5)15-11(18)9-8(10(13)14)16-17-19-9/h2-4,10H,1H3,(H,15,18). The van der Waals surface area contributed by atoms with Crippen molar-refractivity contribution in [1.82, 2.24) is 9.59 Å². The van der Waals surface area contributed by atoms with Crippen LogP contribution in [0.15, 0.2) is 18.2 Å². The van der Waals surface area contributed by atoms with Gasteiger partial charge in [0, 0.05) is 5.69 Å². The lowest BCUT2D eigenvalue weighted by molar-refractivity contribution is 0.101. The molecule has 1 aromatic carbocycles. The van der Waals surface area contributed by atoms with Gasteiger partial charge in [-0.3, -0.25) is 4.79 Å². The Labute approximate surface area is 110 Å².